The Kier molecular flexibility index (Phi) is 3.91. The third kappa shape index (κ3) is 2.39. The molecule has 1 rings (SSSR count). The number of para-hydroxylation sites is 1. The van der Waals surface area contributed by atoms with Gasteiger partial charge in [-0.3, -0.25) is 0 Å². The van der Waals surface area contributed by atoms with E-state index in [1.165, 1.54) is 0 Å². The number of hydrogen-bond acceptors (Lipinski definition) is 1. The standard InChI is InChI=1S/C9H9ClOSi/c1-2-5-8-6-3-4-7-9(8)11-12-10/h2-4,6-7H,1,5H2. The fourth-order valence-electron chi connectivity index (χ4n) is 0.969. The Morgan fingerprint density at radius 1 is 1.50 bits per heavy atom. The van der Waals surface area contributed by atoms with Crippen LogP contribution in [0.2, 0.25) is 0 Å². The molecule has 0 fully saturated rings. The smallest absolute Gasteiger partial charge is 0.440 e. The van der Waals surface area contributed by atoms with Crippen LogP contribution < -0.4 is 4.43 Å². The molecule has 62 valence electrons. The molecule has 0 amide bonds. The second kappa shape index (κ2) is 5.01. The normalized spacial score (nSPS) is 9.42. The zero-order valence-corrected chi connectivity index (χ0v) is 8.34. The van der Waals surface area contributed by atoms with Gasteiger partial charge < -0.3 is 4.43 Å². The quantitative estimate of drug-likeness (QED) is 0.409. The molecule has 0 saturated carbocycles. The lowest BCUT2D eigenvalue weighted by atomic mass is 10.1. The molecule has 0 spiro atoms. The maximum absolute atomic E-state index is 5.49. The molecule has 0 atom stereocenters. The third-order valence-corrected chi connectivity index (χ3v) is 2.01. The van der Waals surface area contributed by atoms with E-state index in [1.807, 2.05) is 30.3 Å². The van der Waals surface area contributed by atoms with E-state index < -0.39 is 0 Å². The molecule has 0 unspecified atom stereocenters. The van der Waals surface area contributed by atoms with E-state index in [1.54, 1.807) is 0 Å². The molecule has 3 heteroatoms. The molecule has 0 aliphatic heterocycles. The first kappa shape index (κ1) is 9.36. The predicted octanol–water partition coefficient (Wildman–Crippen LogP) is 2.57. The minimum Gasteiger partial charge on any atom is -0.527 e. The Hall–Kier alpha value is -0.733. The van der Waals surface area contributed by atoms with Gasteiger partial charge in [-0.2, -0.15) is 0 Å². The van der Waals surface area contributed by atoms with Crippen LogP contribution in [-0.2, 0) is 6.42 Å². The van der Waals surface area contributed by atoms with Crippen molar-refractivity contribution in [1.82, 2.24) is 0 Å². The van der Waals surface area contributed by atoms with Gasteiger partial charge in [-0.05, 0) is 18.1 Å². The van der Waals surface area contributed by atoms with Gasteiger partial charge in [0, 0.05) is 0 Å². The Bertz CT molecular complexity index is 262. The Morgan fingerprint density at radius 3 is 2.92 bits per heavy atom. The van der Waals surface area contributed by atoms with Gasteiger partial charge in [-0.15, -0.1) is 17.7 Å². The van der Waals surface area contributed by atoms with Crippen LogP contribution in [-0.4, -0.2) is 9.07 Å². The monoisotopic (exact) mass is 196 g/mol. The molecule has 1 nitrogen and oxygen atoms in total. The fourth-order valence-corrected chi connectivity index (χ4v) is 1.50. The van der Waals surface area contributed by atoms with Gasteiger partial charge in [0.1, 0.15) is 5.75 Å². The van der Waals surface area contributed by atoms with Crippen molar-refractivity contribution in [2.45, 2.75) is 6.42 Å². The largest absolute Gasteiger partial charge is 0.527 e. The highest BCUT2D eigenvalue weighted by Gasteiger charge is 1.99. The van der Waals surface area contributed by atoms with E-state index in [9.17, 15) is 0 Å². The SMILES string of the molecule is C=CCc1ccccc1O[Si]Cl. The number of halogens is 1. The molecule has 0 bridgehead atoms. The molecular weight excluding hydrogens is 188 g/mol. The molecule has 0 heterocycles. The van der Waals surface area contributed by atoms with Crippen LogP contribution in [0.25, 0.3) is 0 Å². The van der Waals surface area contributed by atoms with Crippen LogP contribution in [0.5, 0.6) is 5.75 Å². The van der Waals surface area contributed by atoms with Crippen LogP contribution >= 0.6 is 11.1 Å². The van der Waals surface area contributed by atoms with Crippen molar-refractivity contribution in [3.05, 3.63) is 42.5 Å². The lowest BCUT2D eigenvalue weighted by Gasteiger charge is -2.06. The summed E-state index contributed by atoms with van der Waals surface area (Å²) in [5.74, 6) is 0.853. The maximum atomic E-state index is 5.49. The van der Waals surface area contributed by atoms with Gasteiger partial charge in [0.25, 0.3) is 0 Å². The minimum atomic E-state index is -0.0260. The van der Waals surface area contributed by atoms with Crippen molar-refractivity contribution >= 4 is 20.2 Å². The van der Waals surface area contributed by atoms with Gasteiger partial charge in [-0.1, -0.05) is 24.3 Å². The van der Waals surface area contributed by atoms with E-state index in [0.29, 0.717) is 0 Å². The van der Waals surface area contributed by atoms with E-state index >= 15 is 0 Å². The number of allylic oxidation sites excluding steroid dienone is 1. The van der Waals surface area contributed by atoms with Crippen molar-refractivity contribution in [1.29, 1.82) is 0 Å². The van der Waals surface area contributed by atoms with Crippen LogP contribution in [0.1, 0.15) is 5.56 Å². The second-order valence-corrected chi connectivity index (χ2v) is 3.10. The minimum absolute atomic E-state index is 0.0260. The number of benzene rings is 1. The van der Waals surface area contributed by atoms with Crippen LogP contribution in [0.3, 0.4) is 0 Å². The highest BCUT2D eigenvalue weighted by Crippen LogP contribution is 2.18. The topological polar surface area (TPSA) is 9.23 Å². The van der Waals surface area contributed by atoms with Crippen molar-refractivity contribution in [2.24, 2.45) is 0 Å². The lowest BCUT2D eigenvalue weighted by molar-refractivity contribution is 0.602. The van der Waals surface area contributed by atoms with Gasteiger partial charge in [0.05, 0.1) is 0 Å². The van der Waals surface area contributed by atoms with Gasteiger partial charge >= 0.3 is 9.07 Å². The second-order valence-electron chi connectivity index (χ2n) is 2.28. The highest BCUT2D eigenvalue weighted by molar-refractivity contribution is 6.90. The van der Waals surface area contributed by atoms with Gasteiger partial charge in [0.15, 0.2) is 0 Å². The summed E-state index contributed by atoms with van der Waals surface area (Å²) in [5, 5.41) is 0. The third-order valence-electron chi connectivity index (χ3n) is 1.49. The Balaban J connectivity index is 2.83. The predicted molar refractivity (Wildman–Crippen MR) is 52.6 cm³/mol. The number of rotatable bonds is 4. The summed E-state index contributed by atoms with van der Waals surface area (Å²) in [6, 6.07) is 7.82. The first-order chi connectivity index (χ1) is 5.88. The molecule has 12 heavy (non-hydrogen) atoms. The summed E-state index contributed by atoms with van der Waals surface area (Å²) >= 11 is 5.49. The van der Waals surface area contributed by atoms with E-state index in [2.05, 4.69) is 6.58 Å². The summed E-state index contributed by atoms with van der Waals surface area (Å²) in [4.78, 5) is 0. The fraction of sp³-hybridized carbons (Fsp3) is 0.111. The average Bonchev–Trinajstić information content (AvgIpc) is 2.09. The molecule has 0 aliphatic carbocycles. The van der Waals surface area contributed by atoms with Crippen molar-refractivity contribution in [3.63, 3.8) is 0 Å². The first-order valence-corrected chi connectivity index (χ1v) is 5.51. The average molecular weight is 197 g/mol. The van der Waals surface area contributed by atoms with Crippen LogP contribution in [0.4, 0.5) is 0 Å². The molecule has 0 saturated heterocycles. The molecule has 1 aromatic carbocycles. The zero-order chi connectivity index (χ0) is 8.81. The summed E-state index contributed by atoms with van der Waals surface area (Å²) in [7, 11) is -0.0260. The van der Waals surface area contributed by atoms with E-state index in [4.69, 9.17) is 15.5 Å². The summed E-state index contributed by atoms with van der Waals surface area (Å²) < 4.78 is 5.23. The highest BCUT2D eigenvalue weighted by atomic mass is 35.6. The van der Waals surface area contributed by atoms with Crippen molar-refractivity contribution < 1.29 is 4.43 Å². The van der Waals surface area contributed by atoms with Crippen molar-refractivity contribution in [3.8, 4) is 5.75 Å². The molecule has 2 radical (unpaired) electrons. The molecule has 0 aromatic heterocycles. The summed E-state index contributed by atoms with van der Waals surface area (Å²) in [6.45, 7) is 3.67. The van der Waals surface area contributed by atoms with Crippen molar-refractivity contribution in [2.75, 3.05) is 0 Å². The summed E-state index contributed by atoms with van der Waals surface area (Å²) in [6.07, 6.45) is 2.66. The zero-order valence-electron chi connectivity index (χ0n) is 6.59. The number of hydrogen-bond donors (Lipinski definition) is 0. The van der Waals surface area contributed by atoms with Gasteiger partial charge in [0.2, 0.25) is 0 Å². The van der Waals surface area contributed by atoms with Crippen LogP contribution in [0.15, 0.2) is 36.9 Å². The molecular formula is C9H9ClOSi. The van der Waals surface area contributed by atoms with Crippen LogP contribution in [0, 0.1) is 0 Å². The molecule has 1 aromatic rings. The molecule has 0 N–H and O–H groups in total. The maximum Gasteiger partial charge on any atom is 0.440 e. The van der Waals surface area contributed by atoms with E-state index in [0.717, 1.165) is 17.7 Å². The van der Waals surface area contributed by atoms with Gasteiger partial charge in [-0.25, -0.2) is 0 Å². The molecule has 0 aliphatic rings. The first-order valence-electron chi connectivity index (χ1n) is 3.59. The Labute approximate surface area is 79.7 Å². The van der Waals surface area contributed by atoms with E-state index in [-0.39, 0.29) is 9.07 Å². The Morgan fingerprint density at radius 2 is 2.25 bits per heavy atom. The summed E-state index contributed by atoms with van der Waals surface area (Å²) in [5.41, 5.74) is 1.13. The lowest BCUT2D eigenvalue weighted by Crippen LogP contribution is -1.96.